The highest BCUT2D eigenvalue weighted by Gasteiger charge is 2.57. The maximum absolute atomic E-state index is 12.6. The fraction of sp³-hybridized carbons (Fsp3) is 0.529. The molecule has 0 saturated heterocycles. The number of carbonyl (C=O) groups is 1. The van der Waals surface area contributed by atoms with Crippen LogP contribution in [0.3, 0.4) is 0 Å². The van der Waals surface area contributed by atoms with Crippen LogP contribution in [0.2, 0.25) is 0 Å². The number of nitrogens with two attached hydrogens (primary N) is 1. The lowest BCUT2D eigenvalue weighted by atomic mass is 9.92. The van der Waals surface area contributed by atoms with Crippen molar-refractivity contribution in [1.82, 2.24) is 5.32 Å². The summed E-state index contributed by atoms with van der Waals surface area (Å²) in [5, 5.41) is 3.09. The lowest BCUT2D eigenvalue weighted by Gasteiger charge is -2.28. The van der Waals surface area contributed by atoms with Crippen LogP contribution in [0.1, 0.15) is 43.7 Å². The Kier molecular flexibility index (Phi) is 3.52. The summed E-state index contributed by atoms with van der Waals surface area (Å²) in [7, 11) is 0. The number of nitrogens with one attached hydrogen (secondary N) is 1. The standard InChI is InChI=1S/C17H22N2OS/c1-3-17(2,16(18)21)19-15(20)14-12-9-8-10-6-4-5-7-11(10)13(12)14/h4-7,12-14H,3,8-9H2,1-2H3,(H2,18,21)(H,19,20). The number of hydrogen-bond acceptors (Lipinski definition) is 2. The molecular weight excluding hydrogens is 280 g/mol. The fourth-order valence-electron chi connectivity index (χ4n) is 3.60. The van der Waals surface area contributed by atoms with Gasteiger partial charge in [0.05, 0.1) is 10.5 Å². The first-order valence-corrected chi connectivity index (χ1v) is 8.08. The van der Waals surface area contributed by atoms with Gasteiger partial charge >= 0.3 is 0 Å². The predicted octanol–water partition coefficient (Wildman–Crippen LogP) is 2.53. The predicted molar refractivity (Wildman–Crippen MR) is 88.1 cm³/mol. The molecule has 1 aromatic rings. The number of carbonyl (C=O) groups excluding carboxylic acids is 1. The molecule has 0 heterocycles. The molecule has 1 aromatic carbocycles. The lowest BCUT2D eigenvalue weighted by molar-refractivity contribution is -0.123. The van der Waals surface area contributed by atoms with Crippen LogP contribution >= 0.6 is 12.2 Å². The molecule has 4 heteroatoms. The summed E-state index contributed by atoms with van der Waals surface area (Å²) in [6.45, 7) is 3.90. The lowest BCUT2D eigenvalue weighted by Crippen LogP contribution is -2.54. The zero-order valence-electron chi connectivity index (χ0n) is 12.6. The van der Waals surface area contributed by atoms with Crippen LogP contribution in [0, 0.1) is 11.8 Å². The zero-order valence-corrected chi connectivity index (χ0v) is 13.4. The molecule has 3 N–H and O–H groups in total. The van der Waals surface area contributed by atoms with Crippen molar-refractivity contribution >= 4 is 23.1 Å². The third kappa shape index (κ3) is 2.35. The average molecular weight is 302 g/mol. The number of benzene rings is 1. The second-order valence-electron chi connectivity index (χ2n) is 6.49. The highest BCUT2D eigenvalue weighted by atomic mass is 32.1. The first-order chi connectivity index (χ1) is 9.98. The Labute approximate surface area is 131 Å². The molecule has 2 aliphatic carbocycles. The van der Waals surface area contributed by atoms with Crippen molar-refractivity contribution < 1.29 is 4.79 Å². The maximum atomic E-state index is 12.6. The van der Waals surface area contributed by atoms with Gasteiger partial charge in [-0.15, -0.1) is 0 Å². The summed E-state index contributed by atoms with van der Waals surface area (Å²) < 4.78 is 0. The van der Waals surface area contributed by atoms with Gasteiger partial charge in [0.1, 0.15) is 0 Å². The molecule has 0 spiro atoms. The second-order valence-corrected chi connectivity index (χ2v) is 6.93. The summed E-state index contributed by atoms with van der Waals surface area (Å²) in [5.41, 5.74) is 7.99. The topological polar surface area (TPSA) is 55.1 Å². The molecule has 0 aromatic heterocycles. The summed E-state index contributed by atoms with van der Waals surface area (Å²) in [4.78, 5) is 13.0. The molecule has 0 aliphatic heterocycles. The largest absolute Gasteiger partial charge is 0.391 e. The van der Waals surface area contributed by atoms with E-state index in [0.29, 0.717) is 23.2 Å². The quantitative estimate of drug-likeness (QED) is 0.840. The van der Waals surface area contributed by atoms with Crippen molar-refractivity contribution in [2.75, 3.05) is 0 Å². The molecule has 0 radical (unpaired) electrons. The summed E-state index contributed by atoms with van der Waals surface area (Å²) in [6, 6.07) is 8.51. The van der Waals surface area contributed by atoms with Gasteiger partial charge in [-0.25, -0.2) is 0 Å². The van der Waals surface area contributed by atoms with Crippen LogP contribution < -0.4 is 11.1 Å². The minimum Gasteiger partial charge on any atom is -0.391 e. The van der Waals surface area contributed by atoms with Crippen molar-refractivity contribution in [3.05, 3.63) is 35.4 Å². The molecule has 4 atom stereocenters. The van der Waals surface area contributed by atoms with Crippen molar-refractivity contribution in [3.8, 4) is 0 Å². The van der Waals surface area contributed by atoms with Crippen molar-refractivity contribution in [2.24, 2.45) is 17.6 Å². The number of thiocarbonyl (C=S) groups is 1. The van der Waals surface area contributed by atoms with Gasteiger partial charge in [-0.1, -0.05) is 43.4 Å². The van der Waals surface area contributed by atoms with Crippen LogP contribution in [-0.4, -0.2) is 16.4 Å². The first-order valence-electron chi connectivity index (χ1n) is 7.67. The van der Waals surface area contributed by atoms with E-state index < -0.39 is 5.54 Å². The Hall–Kier alpha value is -1.42. The number of aryl methyl sites for hydroxylation is 1. The normalized spacial score (nSPS) is 28.8. The van der Waals surface area contributed by atoms with Gasteiger partial charge in [-0.2, -0.15) is 0 Å². The van der Waals surface area contributed by atoms with E-state index in [1.54, 1.807) is 0 Å². The molecule has 3 rings (SSSR count). The van der Waals surface area contributed by atoms with Crippen molar-refractivity contribution in [3.63, 3.8) is 0 Å². The minimum atomic E-state index is -0.572. The molecule has 4 unspecified atom stereocenters. The molecule has 2 aliphatic rings. The molecule has 21 heavy (non-hydrogen) atoms. The van der Waals surface area contributed by atoms with Gasteiger partial charge in [0.2, 0.25) is 5.91 Å². The summed E-state index contributed by atoms with van der Waals surface area (Å²) in [5.74, 6) is 1.09. The average Bonchev–Trinajstić information content (AvgIpc) is 3.22. The van der Waals surface area contributed by atoms with Gasteiger partial charge < -0.3 is 11.1 Å². The Morgan fingerprint density at radius 1 is 1.48 bits per heavy atom. The van der Waals surface area contributed by atoms with Crippen molar-refractivity contribution in [2.45, 2.75) is 44.6 Å². The van der Waals surface area contributed by atoms with E-state index in [4.69, 9.17) is 18.0 Å². The number of amides is 1. The Morgan fingerprint density at radius 3 is 2.86 bits per heavy atom. The van der Waals surface area contributed by atoms with Gasteiger partial charge in [-0.05, 0) is 49.1 Å². The van der Waals surface area contributed by atoms with E-state index in [2.05, 4.69) is 29.6 Å². The van der Waals surface area contributed by atoms with Crippen LogP contribution in [0.25, 0.3) is 0 Å². The highest BCUT2D eigenvalue weighted by molar-refractivity contribution is 7.80. The molecular formula is C17H22N2OS. The van der Waals surface area contributed by atoms with Gasteiger partial charge in [0, 0.05) is 5.92 Å². The molecule has 0 bridgehead atoms. The van der Waals surface area contributed by atoms with Crippen LogP contribution in [-0.2, 0) is 11.2 Å². The number of hydrogen-bond donors (Lipinski definition) is 2. The SMILES string of the molecule is CCC(C)(NC(=O)C1C2CCc3ccccc3C21)C(N)=S. The van der Waals surface area contributed by atoms with Crippen LogP contribution in [0.15, 0.2) is 24.3 Å². The Morgan fingerprint density at radius 2 is 2.19 bits per heavy atom. The number of rotatable bonds is 4. The maximum Gasteiger partial charge on any atom is 0.224 e. The fourth-order valence-corrected chi connectivity index (χ4v) is 3.80. The second kappa shape index (κ2) is 5.09. The summed E-state index contributed by atoms with van der Waals surface area (Å²) >= 11 is 5.11. The van der Waals surface area contributed by atoms with Crippen molar-refractivity contribution in [1.29, 1.82) is 0 Å². The van der Waals surface area contributed by atoms with E-state index in [1.165, 1.54) is 11.1 Å². The smallest absolute Gasteiger partial charge is 0.224 e. The number of fused-ring (bicyclic) bond motifs is 3. The molecule has 1 fully saturated rings. The van der Waals surface area contributed by atoms with Crippen LogP contribution in [0.5, 0.6) is 0 Å². The third-order valence-corrected chi connectivity index (χ3v) is 5.73. The van der Waals surface area contributed by atoms with E-state index in [1.807, 2.05) is 13.8 Å². The third-order valence-electron chi connectivity index (χ3n) is 5.28. The Bertz CT molecular complexity index is 600. The Balaban J connectivity index is 1.76. The van der Waals surface area contributed by atoms with Gasteiger partial charge in [-0.3, -0.25) is 4.79 Å². The van der Waals surface area contributed by atoms with E-state index in [0.717, 1.165) is 12.8 Å². The molecule has 112 valence electrons. The summed E-state index contributed by atoms with van der Waals surface area (Å²) in [6.07, 6.45) is 2.91. The van der Waals surface area contributed by atoms with Gasteiger partial charge in [0.15, 0.2) is 0 Å². The van der Waals surface area contributed by atoms with Crippen LogP contribution in [0.4, 0.5) is 0 Å². The van der Waals surface area contributed by atoms with E-state index in [9.17, 15) is 4.79 Å². The molecule has 3 nitrogen and oxygen atoms in total. The van der Waals surface area contributed by atoms with Gasteiger partial charge in [0.25, 0.3) is 0 Å². The highest BCUT2D eigenvalue weighted by Crippen LogP contribution is 2.59. The van der Waals surface area contributed by atoms with E-state index in [-0.39, 0.29) is 11.8 Å². The monoisotopic (exact) mass is 302 g/mol. The first kappa shape index (κ1) is 14.5. The zero-order chi connectivity index (χ0) is 15.2. The molecule has 1 amide bonds. The minimum absolute atomic E-state index is 0.0916. The van der Waals surface area contributed by atoms with E-state index >= 15 is 0 Å². The molecule has 1 saturated carbocycles.